The molecule has 1 atom stereocenters. The third-order valence-corrected chi connectivity index (χ3v) is 4.46. The largest absolute Gasteiger partial charge is 0.324 e. The zero-order valence-electron chi connectivity index (χ0n) is 11.7. The predicted molar refractivity (Wildman–Crippen MR) is 81.7 cm³/mol. The number of piperidine rings is 1. The molecule has 0 bridgehead atoms. The lowest BCUT2D eigenvalue weighted by atomic mass is 10.0. The van der Waals surface area contributed by atoms with E-state index < -0.39 is 0 Å². The van der Waals surface area contributed by atoms with Crippen molar-refractivity contribution in [1.29, 1.82) is 0 Å². The summed E-state index contributed by atoms with van der Waals surface area (Å²) in [6.07, 6.45) is 5.72. The number of nitrogens with zero attached hydrogens (tertiary/aromatic N) is 1. The fourth-order valence-corrected chi connectivity index (χ4v) is 3.07. The molecule has 1 fully saturated rings. The fourth-order valence-electron chi connectivity index (χ4n) is 2.51. The van der Waals surface area contributed by atoms with Gasteiger partial charge in [-0.25, -0.2) is 0 Å². The van der Waals surface area contributed by atoms with E-state index in [0.717, 1.165) is 17.1 Å². The molecule has 1 aromatic carbocycles. The molecule has 0 saturated carbocycles. The van der Waals surface area contributed by atoms with Crippen molar-refractivity contribution in [3.8, 4) is 0 Å². The molecule has 1 saturated heterocycles. The number of carbonyl (C=O) groups excluding carboxylic acids is 1. The summed E-state index contributed by atoms with van der Waals surface area (Å²) in [6.45, 7) is 3.75. The maximum Gasteiger partial charge on any atom is 0.238 e. The van der Waals surface area contributed by atoms with E-state index in [2.05, 4.69) is 17.1 Å². The highest BCUT2D eigenvalue weighted by Gasteiger charge is 2.20. The average molecular weight is 278 g/mol. The van der Waals surface area contributed by atoms with Crippen LogP contribution in [0.4, 0.5) is 5.69 Å². The Balaban J connectivity index is 1.93. The fraction of sp³-hybridized carbons (Fsp3) is 0.533. The van der Waals surface area contributed by atoms with Gasteiger partial charge in [0, 0.05) is 10.9 Å². The molecule has 2 rings (SSSR count). The maximum atomic E-state index is 12.1. The molecule has 0 aliphatic carbocycles. The molecule has 1 N–H and O–H groups in total. The molecule has 19 heavy (non-hydrogen) atoms. The SMILES string of the molecule is CSc1ccccc1NC(=O)CN1CCCC[C@H]1C. The summed E-state index contributed by atoms with van der Waals surface area (Å²) in [4.78, 5) is 15.5. The first-order chi connectivity index (χ1) is 9.20. The third-order valence-electron chi connectivity index (χ3n) is 3.67. The van der Waals surface area contributed by atoms with Gasteiger partial charge in [0.1, 0.15) is 0 Å². The monoisotopic (exact) mass is 278 g/mol. The van der Waals surface area contributed by atoms with E-state index in [0.29, 0.717) is 12.6 Å². The topological polar surface area (TPSA) is 32.3 Å². The lowest BCUT2D eigenvalue weighted by Crippen LogP contribution is -2.42. The van der Waals surface area contributed by atoms with Crippen LogP contribution >= 0.6 is 11.8 Å². The first kappa shape index (κ1) is 14.4. The molecule has 0 aromatic heterocycles. The Labute approximate surface area is 119 Å². The minimum atomic E-state index is 0.0928. The normalized spacial score (nSPS) is 20.2. The van der Waals surface area contributed by atoms with Crippen LogP contribution < -0.4 is 5.32 Å². The van der Waals surface area contributed by atoms with Gasteiger partial charge in [-0.2, -0.15) is 0 Å². The number of para-hydroxylation sites is 1. The number of anilines is 1. The standard InChI is InChI=1S/C15H22N2OS/c1-12-7-5-6-10-17(12)11-15(18)16-13-8-3-4-9-14(13)19-2/h3-4,8-9,12H,5-7,10-11H2,1-2H3,(H,16,18)/t12-/m1/s1. The number of amides is 1. The molecule has 1 amide bonds. The van der Waals surface area contributed by atoms with Crippen LogP contribution in [0, 0.1) is 0 Å². The van der Waals surface area contributed by atoms with E-state index in [9.17, 15) is 4.79 Å². The number of hydrogen-bond donors (Lipinski definition) is 1. The smallest absolute Gasteiger partial charge is 0.238 e. The summed E-state index contributed by atoms with van der Waals surface area (Å²) < 4.78 is 0. The second-order valence-electron chi connectivity index (χ2n) is 5.06. The van der Waals surface area contributed by atoms with Crippen molar-refractivity contribution >= 4 is 23.4 Å². The quantitative estimate of drug-likeness (QED) is 0.858. The number of thioether (sulfide) groups is 1. The van der Waals surface area contributed by atoms with Crippen LogP contribution in [0.5, 0.6) is 0 Å². The molecule has 4 heteroatoms. The Morgan fingerprint density at radius 2 is 2.21 bits per heavy atom. The molecular formula is C15H22N2OS. The molecule has 0 radical (unpaired) electrons. The van der Waals surface area contributed by atoms with Crippen molar-refractivity contribution in [2.24, 2.45) is 0 Å². The third kappa shape index (κ3) is 3.98. The van der Waals surface area contributed by atoms with Crippen LogP contribution in [0.3, 0.4) is 0 Å². The van der Waals surface area contributed by atoms with Crippen molar-refractivity contribution < 1.29 is 4.79 Å². The van der Waals surface area contributed by atoms with Crippen molar-refractivity contribution in [3.63, 3.8) is 0 Å². The van der Waals surface area contributed by atoms with Crippen molar-refractivity contribution in [2.45, 2.75) is 37.1 Å². The first-order valence-electron chi connectivity index (χ1n) is 6.87. The zero-order chi connectivity index (χ0) is 13.7. The van der Waals surface area contributed by atoms with Crippen LogP contribution in [0.2, 0.25) is 0 Å². The van der Waals surface area contributed by atoms with Gasteiger partial charge in [-0.15, -0.1) is 11.8 Å². The van der Waals surface area contributed by atoms with Crippen LogP contribution in [0.25, 0.3) is 0 Å². The van der Waals surface area contributed by atoms with Gasteiger partial charge in [-0.3, -0.25) is 9.69 Å². The lowest BCUT2D eigenvalue weighted by molar-refractivity contribution is -0.118. The van der Waals surface area contributed by atoms with E-state index in [4.69, 9.17) is 0 Å². The van der Waals surface area contributed by atoms with Gasteiger partial charge in [-0.05, 0) is 44.7 Å². The average Bonchev–Trinajstić information content (AvgIpc) is 2.42. The number of rotatable bonds is 4. The van der Waals surface area contributed by atoms with Gasteiger partial charge in [-0.1, -0.05) is 18.6 Å². The minimum absolute atomic E-state index is 0.0928. The molecule has 3 nitrogen and oxygen atoms in total. The second kappa shape index (κ2) is 6.96. The lowest BCUT2D eigenvalue weighted by Gasteiger charge is -2.32. The number of benzene rings is 1. The molecular weight excluding hydrogens is 256 g/mol. The van der Waals surface area contributed by atoms with Gasteiger partial charge in [0.05, 0.1) is 12.2 Å². The van der Waals surface area contributed by atoms with Crippen molar-refractivity contribution in [3.05, 3.63) is 24.3 Å². The van der Waals surface area contributed by atoms with Crippen molar-refractivity contribution in [1.82, 2.24) is 4.90 Å². The highest BCUT2D eigenvalue weighted by atomic mass is 32.2. The van der Waals surface area contributed by atoms with Crippen molar-refractivity contribution in [2.75, 3.05) is 24.7 Å². The van der Waals surface area contributed by atoms with E-state index >= 15 is 0 Å². The van der Waals surface area contributed by atoms with Gasteiger partial charge >= 0.3 is 0 Å². The number of carbonyl (C=O) groups is 1. The van der Waals surface area contributed by atoms with Crippen LogP contribution in [0.1, 0.15) is 26.2 Å². The Morgan fingerprint density at radius 1 is 1.42 bits per heavy atom. The Bertz CT molecular complexity index is 436. The van der Waals surface area contributed by atoms with Gasteiger partial charge in [0.2, 0.25) is 5.91 Å². The van der Waals surface area contributed by atoms with E-state index in [1.54, 1.807) is 11.8 Å². The Morgan fingerprint density at radius 3 is 2.95 bits per heavy atom. The van der Waals surface area contributed by atoms with Gasteiger partial charge in [0.25, 0.3) is 0 Å². The van der Waals surface area contributed by atoms with E-state index in [-0.39, 0.29) is 5.91 Å². The van der Waals surface area contributed by atoms with Gasteiger partial charge in [0.15, 0.2) is 0 Å². The maximum absolute atomic E-state index is 12.1. The molecule has 1 aromatic rings. The highest BCUT2D eigenvalue weighted by molar-refractivity contribution is 7.98. The van der Waals surface area contributed by atoms with E-state index in [1.165, 1.54) is 19.3 Å². The number of likely N-dealkylation sites (tertiary alicyclic amines) is 1. The molecule has 1 aliphatic heterocycles. The molecule has 0 spiro atoms. The summed E-state index contributed by atoms with van der Waals surface area (Å²) in [5.74, 6) is 0.0928. The van der Waals surface area contributed by atoms with Gasteiger partial charge < -0.3 is 5.32 Å². The Kier molecular flexibility index (Phi) is 5.28. The van der Waals surface area contributed by atoms with Crippen LogP contribution in [-0.4, -0.2) is 36.2 Å². The summed E-state index contributed by atoms with van der Waals surface area (Å²) in [5.41, 5.74) is 0.921. The highest BCUT2D eigenvalue weighted by Crippen LogP contribution is 2.24. The van der Waals surface area contributed by atoms with Crippen LogP contribution in [-0.2, 0) is 4.79 Å². The minimum Gasteiger partial charge on any atom is -0.324 e. The van der Waals surface area contributed by atoms with E-state index in [1.807, 2.05) is 30.5 Å². The second-order valence-corrected chi connectivity index (χ2v) is 5.91. The number of hydrogen-bond acceptors (Lipinski definition) is 3. The Hall–Kier alpha value is -1.00. The molecule has 104 valence electrons. The molecule has 0 unspecified atom stereocenters. The summed E-state index contributed by atoms with van der Waals surface area (Å²) >= 11 is 1.66. The summed E-state index contributed by atoms with van der Waals surface area (Å²) in [5, 5.41) is 3.03. The first-order valence-corrected chi connectivity index (χ1v) is 8.10. The summed E-state index contributed by atoms with van der Waals surface area (Å²) in [6, 6.07) is 8.47. The number of nitrogens with one attached hydrogen (secondary N) is 1. The molecule has 1 aliphatic rings. The summed E-state index contributed by atoms with van der Waals surface area (Å²) in [7, 11) is 0. The van der Waals surface area contributed by atoms with Crippen LogP contribution in [0.15, 0.2) is 29.2 Å². The zero-order valence-corrected chi connectivity index (χ0v) is 12.5. The molecule has 1 heterocycles. The predicted octanol–water partition coefficient (Wildman–Crippen LogP) is 3.22.